The van der Waals surface area contributed by atoms with Gasteiger partial charge in [-0.3, -0.25) is 4.40 Å². The van der Waals surface area contributed by atoms with Crippen molar-refractivity contribution in [2.75, 3.05) is 0 Å². The Morgan fingerprint density at radius 2 is 1.48 bits per heavy atom. The van der Waals surface area contributed by atoms with Gasteiger partial charge in [-0.05, 0) is 45.2 Å². The van der Waals surface area contributed by atoms with Crippen LogP contribution in [0.1, 0.15) is 25.0 Å². The van der Waals surface area contributed by atoms with Gasteiger partial charge in [-0.1, -0.05) is 86.6 Å². The average Bonchev–Trinajstić information content (AvgIpc) is 3.50. The predicted octanol–water partition coefficient (Wildman–Crippen LogP) is 7.72. The first-order valence-electron chi connectivity index (χ1n) is 11.3. The lowest BCUT2D eigenvalue weighted by molar-refractivity contribution is 0.596. The molecule has 0 radical (unpaired) electrons. The first kappa shape index (κ1) is 18.5. The Balaban J connectivity index is 1.46. The second-order valence-corrected chi connectivity index (χ2v) is 9.36. The van der Waals surface area contributed by atoms with Crippen LogP contribution in [0.3, 0.4) is 0 Å². The zero-order valence-corrected chi connectivity index (χ0v) is 18.5. The summed E-state index contributed by atoms with van der Waals surface area (Å²) >= 11 is 0. The third-order valence-corrected chi connectivity index (χ3v) is 7.14. The van der Waals surface area contributed by atoms with E-state index in [2.05, 4.69) is 98.8 Å². The van der Waals surface area contributed by atoms with E-state index in [0.29, 0.717) is 5.84 Å². The molecule has 4 aromatic carbocycles. The number of hydrogen-bond donors (Lipinski definition) is 0. The zero-order valence-electron chi connectivity index (χ0n) is 18.5. The Morgan fingerprint density at radius 1 is 0.727 bits per heavy atom. The molecule has 3 heteroatoms. The van der Waals surface area contributed by atoms with Crippen LogP contribution < -0.4 is 0 Å². The highest BCUT2D eigenvalue weighted by molar-refractivity contribution is 5.91. The Kier molecular flexibility index (Phi) is 3.61. The maximum absolute atomic E-state index is 5.71. The van der Waals surface area contributed by atoms with Crippen LogP contribution in [-0.4, -0.2) is 9.38 Å². The van der Waals surface area contributed by atoms with Crippen LogP contribution in [0.25, 0.3) is 50.3 Å². The van der Waals surface area contributed by atoms with Gasteiger partial charge in [0.2, 0.25) is 0 Å². The summed E-state index contributed by atoms with van der Waals surface area (Å²) in [5, 5.41) is 2.44. The first-order valence-corrected chi connectivity index (χ1v) is 11.3. The lowest BCUT2D eigenvalue weighted by Gasteiger charge is -2.21. The molecule has 0 unspecified atom stereocenters. The number of imidazole rings is 1. The quantitative estimate of drug-likeness (QED) is 0.284. The molecular weight excluding hydrogens is 404 g/mol. The second-order valence-electron chi connectivity index (χ2n) is 9.36. The third kappa shape index (κ3) is 2.53. The van der Waals surface area contributed by atoms with Crippen molar-refractivity contribution < 1.29 is 4.42 Å². The van der Waals surface area contributed by atoms with E-state index in [9.17, 15) is 0 Å². The van der Waals surface area contributed by atoms with Crippen LogP contribution in [0, 0.1) is 0 Å². The number of oxazole rings is 1. The molecule has 0 atom stereocenters. The molecule has 3 nitrogen and oxygen atoms in total. The standard InChI is InChI=1S/C30H22N2O/c1-30(2)25-10-6-5-9-23(25)24-14-13-21(18-26(24)30)27-28(32-15-16-33-29(32)31-27)22-12-11-19-7-3-4-8-20(19)17-22/h3-18H,1-2H3. The van der Waals surface area contributed by atoms with Crippen molar-refractivity contribution in [1.29, 1.82) is 0 Å². The fraction of sp³-hybridized carbons (Fsp3) is 0.100. The van der Waals surface area contributed by atoms with Gasteiger partial charge in [-0.15, -0.1) is 0 Å². The molecule has 0 amide bonds. The van der Waals surface area contributed by atoms with Crippen LogP contribution >= 0.6 is 0 Å². The molecule has 0 spiro atoms. The van der Waals surface area contributed by atoms with Gasteiger partial charge in [-0.25, -0.2) is 0 Å². The van der Waals surface area contributed by atoms with Crippen LogP contribution in [0.15, 0.2) is 102 Å². The number of nitrogens with zero attached hydrogens (tertiary/aromatic N) is 2. The summed E-state index contributed by atoms with van der Waals surface area (Å²) in [4.78, 5) is 4.92. The Bertz CT molecular complexity index is 1700. The first-order chi connectivity index (χ1) is 16.1. The Labute approximate surface area is 192 Å². The number of rotatable bonds is 2. The van der Waals surface area contributed by atoms with Crippen LogP contribution in [0.5, 0.6) is 0 Å². The van der Waals surface area contributed by atoms with Gasteiger partial charge in [0.15, 0.2) is 0 Å². The van der Waals surface area contributed by atoms with E-state index in [1.165, 1.54) is 33.0 Å². The summed E-state index contributed by atoms with van der Waals surface area (Å²) in [5.74, 6) is 0.608. The lowest BCUT2D eigenvalue weighted by atomic mass is 9.82. The Hall–Kier alpha value is -4.11. The summed E-state index contributed by atoms with van der Waals surface area (Å²) in [6, 6.07) is 30.6. The minimum absolute atomic E-state index is 0.0517. The van der Waals surface area contributed by atoms with Crippen molar-refractivity contribution in [3.05, 3.63) is 109 Å². The summed E-state index contributed by atoms with van der Waals surface area (Å²) in [6.45, 7) is 4.62. The number of aromatic nitrogens is 2. The van der Waals surface area contributed by atoms with Crippen LogP contribution in [0.4, 0.5) is 0 Å². The molecule has 0 saturated heterocycles. The van der Waals surface area contributed by atoms with Crippen molar-refractivity contribution in [2.45, 2.75) is 19.3 Å². The number of fused-ring (bicyclic) bond motifs is 5. The maximum Gasteiger partial charge on any atom is 0.306 e. The molecule has 0 bridgehead atoms. The van der Waals surface area contributed by atoms with Gasteiger partial charge in [0.05, 0.1) is 5.69 Å². The minimum atomic E-state index is -0.0517. The smallest absolute Gasteiger partial charge is 0.306 e. The molecule has 1 aliphatic rings. The molecule has 33 heavy (non-hydrogen) atoms. The van der Waals surface area contributed by atoms with E-state index < -0.39 is 0 Å². The van der Waals surface area contributed by atoms with Crippen molar-refractivity contribution in [3.63, 3.8) is 0 Å². The van der Waals surface area contributed by atoms with E-state index in [-0.39, 0.29) is 5.41 Å². The molecule has 0 aliphatic heterocycles. The highest BCUT2D eigenvalue weighted by Gasteiger charge is 2.35. The molecule has 1 aliphatic carbocycles. The zero-order chi connectivity index (χ0) is 22.2. The fourth-order valence-corrected chi connectivity index (χ4v) is 5.45. The molecule has 7 rings (SSSR count). The van der Waals surface area contributed by atoms with Gasteiger partial charge < -0.3 is 4.42 Å². The molecule has 0 fully saturated rings. The predicted molar refractivity (Wildman–Crippen MR) is 133 cm³/mol. The highest BCUT2D eigenvalue weighted by atomic mass is 16.3. The van der Waals surface area contributed by atoms with Gasteiger partial charge in [-0.2, -0.15) is 4.98 Å². The number of benzene rings is 4. The monoisotopic (exact) mass is 426 g/mol. The topological polar surface area (TPSA) is 30.4 Å². The fourth-order valence-electron chi connectivity index (χ4n) is 5.45. The molecule has 2 aromatic heterocycles. The van der Waals surface area contributed by atoms with E-state index in [0.717, 1.165) is 22.5 Å². The molecule has 2 heterocycles. The molecule has 6 aromatic rings. The third-order valence-electron chi connectivity index (χ3n) is 7.14. The van der Waals surface area contributed by atoms with E-state index in [1.54, 1.807) is 6.26 Å². The lowest BCUT2D eigenvalue weighted by Crippen LogP contribution is -2.14. The van der Waals surface area contributed by atoms with Gasteiger partial charge in [0.1, 0.15) is 12.0 Å². The van der Waals surface area contributed by atoms with Crippen molar-refractivity contribution in [1.82, 2.24) is 9.38 Å². The summed E-state index contributed by atoms with van der Waals surface area (Å²) in [7, 11) is 0. The summed E-state index contributed by atoms with van der Waals surface area (Å²) in [5.41, 5.74) is 9.55. The Morgan fingerprint density at radius 3 is 2.39 bits per heavy atom. The maximum atomic E-state index is 5.71. The van der Waals surface area contributed by atoms with Crippen molar-refractivity contribution in [2.24, 2.45) is 0 Å². The molecular formula is C30H22N2O. The van der Waals surface area contributed by atoms with Gasteiger partial charge in [0, 0.05) is 22.7 Å². The second kappa shape index (κ2) is 6.46. The molecule has 0 N–H and O–H groups in total. The molecule has 0 saturated carbocycles. The van der Waals surface area contributed by atoms with Gasteiger partial charge in [0.25, 0.3) is 0 Å². The van der Waals surface area contributed by atoms with Crippen molar-refractivity contribution >= 4 is 16.6 Å². The van der Waals surface area contributed by atoms with Crippen LogP contribution in [-0.2, 0) is 5.41 Å². The molecule has 158 valence electrons. The SMILES string of the molecule is CC1(C)c2ccccc2-c2ccc(-c3nc4occn4c3-c3ccc4ccccc4c3)cc21. The van der Waals surface area contributed by atoms with Crippen molar-refractivity contribution in [3.8, 4) is 33.6 Å². The van der Waals surface area contributed by atoms with E-state index in [1.807, 2.05) is 10.6 Å². The normalized spacial score (nSPS) is 14.0. The van der Waals surface area contributed by atoms with Crippen LogP contribution in [0.2, 0.25) is 0 Å². The van der Waals surface area contributed by atoms with E-state index >= 15 is 0 Å². The number of hydrogen-bond acceptors (Lipinski definition) is 2. The summed E-state index contributed by atoms with van der Waals surface area (Å²) in [6.07, 6.45) is 3.64. The van der Waals surface area contributed by atoms with Gasteiger partial charge >= 0.3 is 5.84 Å². The van der Waals surface area contributed by atoms with E-state index in [4.69, 9.17) is 9.40 Å². The minimum Gasteiger partial charge on any atom is -0.432 e. The summed E-state index contributed by atoms with van der Waals surface area (Å²) < 4.78 is 7.75. The average molecular weight is 427 g/mol. The largest absolute Gasteiger partial charge is 0.432 e. The highest BCUT2D eigenvalue weighted by Crippen LogP contribution is 2.50.